The Labute approximate surface area is 179 Å². The lowest BCUT2D eigenvalue weighted by molar-refractivity contribution is -0.385. The lowest BCUT2D eigenvalue weighted by atomic mass is 10.1. The van der Waals surface area contributed by atoms with Gasteiger partial charge in [0.25, 0.3) is 5.69 Å². The molecule has 11 heteroatoms. The van der Waals surface area contributed by atoms with E-state index in [9.17, 15) is 23.3 Å². The van der Waals surface area contributed by atoms with Crippen LogP contribution in [0.15, 0.2) is 47.4 Å². The summed E-state index contributed by atoms with van der Waals surface area (Å²) in [4.78, 5) is 24.4. The summed E-state index contributed by atoms with van der Waals surface area (Å²) in [6, 6.07) is 10.6. The number of piperazine rings is 1. The number of non-ortho nitro benzene ring substituents is 1. The van der Waals surface area contributed by atoms with Crippen molar-refractivity contribution in [2.24, 2.45) is 0 Å². The van der Waals surface area contributed by atoms with E-state index in [2.05, 4.69) is 0 Å². The Balaban J connectivity index is 1.33. The van der Waals surface area contributed by atoms with Crippen molar-refractivity contribution in [2.75, 3.05) is 33.0 Å². The topological polar surface area (TPSA) is 119 Å². The van der Waals surface area contributed by atoms with Crippen LogP contribution in [0.5, 0.6) is 11.5 Å². The second-order valence-electron chi connectivity index (χ2n) is 7.23. The van der Waals surface area contributed by atoms with E-state index in [0.717, 1.165) is 11.6 Å². The van der Waals surface area contributed by atoms with Crippen LogP contribution in [0, 0.1) is 10.1 Å². The van der Waals surface area contributed by atoms with E-state index in [0.29, 0.717) is 24.3 Å². The SMILES string of the molecule is O=C(CCc1ccc2c(c1)OCO2)N1CCN(S(=O)(=O)c2cccc([N+](=O)[O-])c2)CC1. The predicted molar refractivity (Wildman–Crippen MR) is 109 cm³/mol. The molecular formula is C20H21N3O7S. The summed E-state index contributed by atoms with van der Waals surface area (Å²) in [6.07, 6.45) is 0.846. The standard InChI is InChI=1S/C20H21N3O7S/c24-20(7-5-15-4-6-18-19(12-15)30-14-29-18)21-8-10-22(11-9-21)31(27,28)17-3-1-2-16(13-17)23(25)26/h1-4,6,12-13H,5,7-11,14H2. The summed E-state index contributed by atoms with van der Waals surface area (Å²) < 4.78 is 37.5. The van der Waals surface area contributed by atoms with E-state index >= 15 is 0 Å². The van der Waals surface area contributed by atoms with E-state index in [-0.39, 0.29) is 49.5 Å². The van der Waals surface area contributed by atoms with Crippen molar-refractivity contribution < 1.29 is 27.6 Å². The van der Waals surface area contributed by atoms with Crippen LogP contribution in [-0.2, 0) is 21.2 Å². The van der Waals surface area contributed by atoms with Crippen LogP contribution in [0.2, 0.25) is 0 Å². The molecule has 2 aliphatic rings. The highest BCUT2D eigenvalue weighted by atomic mass is 32.2. The Kier molecular flexibility index (Phi) is 5.79. The Morgan fingerprint density at radius 2 is 1.77 bits per heavy atom. The maximum absolute atomic E-state index is 12.8. The van der Waals surface area contributed by atoms with Crippen molar-refractivity contribution in [1.29, 1.82) is 0 Å². The summed E-state index contributed by atoms with van der Waals surface area (Å²) in [7, 11) is -3.86. The maximum atomic E-state index is 12.8. The van der Waals surface area contributed by atoms with Crippen LogP contribution in [0.4, 0.5) is 5.69 Å². The van der Waals surface area contributed by atoms with Gasteiger partial charge in [-0.2, -0.15) is 4.31 Å². The van der Waals surface area contributed by atoms with Gasteiger partial charge in [0.1, 0.15) is 0 Å². The molecule has 0 bridgehead atoms. The van der Waals surface area contributed by atoms with Crippen molar-refractivity contribution >= 4 is 21.6 Å². The number of sulfonamides is 1. The van der Waals surface area contributed by atoms with Gasteiger partial charge in [-0.3, -0.25) is 14.9 Å². The molecule has 0 N–H and O–H groups in total. The van der Waals surface area contributed by atoms with Crippen molar-refractivity contribution in [2.45, 2.75) is 17.7 Å². The molecule has 2 aliphatic heterocycles. The first-order valence-electron chi connectivity index (χ1n) is 9.75. The first-order valence-corrected chi connectivity index (χ1v) is 11.2. The molecule has 1 saturated heterocycles. The van der Waals surface area contributed by atoms with E-state index in [1.165, 1.54) is 22.5 Å². The van der Waals surface area contributed by atoms with Crippen LogP contribution in [0.1, 0.15) is 12.0 Å². The quantitative estimate of drug-likeness (QED) is 0.489. The number of aryl methyl sites for hydroxylation is 1. The summed E-state index contributed by atoms with van der Waals surface area (Å²) in [5.41, 5.74) is 0.683. The molecule has 1 fully saturated rings. The van der Waals surface area contributed by atoms with Gasteiger partial charge in [0.2, 0.25) is 22.7 Å². The zero-order chi connectivity index (χ0) is 22.0. The van der Waals surface area contributed by atoms with Crippen molar-refractivity contribution in [1.82, 2.24) is 9.21 Å². The van der Waals surface area contributed by atoms with Crippen molar-refractivity contribution in [3.63, 3.8) is 0 Å². The molecule has 2 aromatic rings. The van der Waals surface area contributed by atoms with Gasteiger partial charge < -0.3 is 14.4 Å². The van der Waals surface area contributed by atoms with Gasteiger partial charge in [-0.05, 0) is 30.2 Å². The van der Waals surface area contributed by atoms with Gasteiger partial charge in [0.05, 0.1) is 9.82 Å². The number of carbonyl (C=O) groups excluding carboxylic acids is 1. The van der Waals surface area contributed by atoms with Gasteiger partial charge in [-0.15, -0.1) is 0 Å². The molecule has 0 aromatic heterocycles. The second kappa shape index (κ2) is 8.52. The third-order valence-electron chi connectivity index (χ3n) is 5.32. The first kappa shape index (κ1) is 21.1. The number of benzene rings is 2. The highest BCUT2D eigenvalue weighted by molar-refractivity contribution is 7.89. The number of hydrogen-bond acceptors (Lipinski definition) is 7. The summed E-state index contributed by atoms with van der Waals surface area (Å²) in [6.45, 7) is 1.02. The number of carbonyl (C=O) groups is 1. The van der Waals surface area contributed by atoms with Crippen LogP contribution >= 0.6 is 0 Å². The van der Waals surface area contributed by atoms with Crippen LogP contribution in [0.3, 0.4) is 0 Å². The fraction of sp³-hybridized carbons (Fsp3) is 0.350. The van der Waals surface area contributed by atoms with Gasteiger partial charge in [0, 0.05) is 44.7 Å². The van der Waals surface area contributed by atoms with Crippen molar-refractivity contribution in [3.05, 3.63) is 58.1 Å². The second-order valence-corrected chi connectivity index (χ2v) is 9.16. The first-order chi connectivity index (χ1) is 14.8. The molecule has 4 rings (SSSR count). The average molecular weight is 447 g/mol. The number of ether oxygens (including phenoxy) is 2. The number of amides is 1. The highest BCUT2D eigenvalue weighted by Gasteiger charge is 2.30. The minimum absolute atomic E-state index is 0.0509. The zero-order valence-electron chi connectivity index (χ0n) is 16.6. The Bertz CT molecular complexity index is 1110. The molecule has 0 radical (unpaired) electrons. The molecule has 164 valence electrons. The van der Waals surface area contributed by atoms with E-state index in [1.807, 2.05) is 18.2 Å². The summed E-state index contributed by atoms with van der Waals surface area (Å²) in [5, 5.41) is 10.9. The largest absolute Gasteiger partial charge is 0.454 e. The van der Waals surface area contributed by atoms with Crippen LogP contribution in [0.25, 0.3) is 0 Å². The summed E-state index contributed by atoms with van der Waals surface area (Å²) >= 11 is 0. The molecule has 31 heavy (non-hydrogen) atoms. The maximum Gasteiger partial charge on any atom is 0.270 e. The van der Waals surface area contributed by atoms with Crippen LogP contribution < -0.4 is 9.47 Å². The molecule has 0 unspecified atom stereocenters. The lowest BCUT2D eigenvalue weighted by Crippen LogP contribution is -2.50. The molecule has 2 aromatic carbocycles. The minimum Gasteiger partial charge on any atom is -0.454 e. The van der Waals surface area contributed by atoms with E-state index < -0.39 is 14.9 Å². The fourth-order valence-electron chi connectivity index (χ4n) is 3.59. The zero-order valence-corrected chi connectivity index (χ0v) is 17.4. The number of rotatable bonds is 6. The van der Waals surface area contributed by atoms with Gasteiger partial charge in [-0.25, -0.2) is 8.42 Å². The summed E-state index contributed by atoms with van der Waals surface area (Å²) in [5.74, 6) is 1.31. The number of hydrogen-bond donors (Lipinski definition) is 0. The molecule has 0 saturated carbocycles. The molecule has 1 amide bonds. The number of nitro groups is 1. The van der Waals surface area contributed by atoms with Gasteiger partial charge in [0.15, 0.2) is 11.5 Å². The van der Waals surface area contributed by atoms with Gasteiger partial charge >= 0.3 is 0 Å². The molecule has 0 aliphatic carbocycles. The Morgan fingerprint density at radius 3 is 2.52 bits per heavy atom. The fourth-order valence-corrected chi connectivity index (χ4v) is 5.05. The molecule has 2 heterocycles. The average Bonchev–Trinajstić information content (AvgIpc) is 3.25. The van der Waals surface area contributed by atoms with Crippen LogP contribution in [-0.4, -0.2) is 61.4 Å². The third kappa shape index (κ3) is 4.47. The minimum atomic E-state index is -3.86. The Hall–Kier alpha value is -3.18. The van der Waals surface area contributed by atoms with E-state index in [1.54, 1.807) is 4.90 Å². The Morgan fingerprint density at radius 1 is 1.03 bits per heavy atom. The molecular weight excluding hydrogens is 426 g/mol. The van der Waals surface area contributed by atoms with Gasteiger partial charge in [-0.1, -0.05) is 12.1 Å². The molecule has 10 nitrogen and oxygen atoms in total. The number of fused-ring (bicyclic) bond motifs is 1. The number of nitrogens with zero attached hydrogens (tertiary/aromatic N) is 3. The normalized spacial score (nSPS) is 16.3. The van der Waals surface area contributed by atoms with E-state index in [4.69, 9.17) is 9.47 Å². The number of nitro benzene ring substituents is 1. The predicted octanol–water partition coefficient (Wildman–Crippen LogP) is 1.79. The third-order valence-corrected chi connectivity index (χ3v) is 7.22. The monoisotopic (exact) mass is 447 g/mol. The highest BCUT2D eigenvalue weighted by Crippen LogP contribution is 2.32. The lowest BCUT2D eigenvalue weighted by Gasteiger charge is -2.34. The molecule has 0 spiro atoms. The smallest absolute Gasteiger partial charge is 0.270 e. The molecule has 0 atom stereocenters. The van der Waals surface area contributed by atoms with Crippen molar-refractivity contribution in [3.8, 4) is 11.5 Å².